The van der Waals surface area contributed by atoms with Gasteiger partial charge in [-0.1, -0.05) is 83.9 Å². The van der Waals surface area contributed by atoms with E-state index in [1.165, 1.54) is 0 Å². The minimum Gasteiger partial charge on any atom is -0.396 e. The van der Waals surface area contributed by atoms with Crippen LogP contribution in [0, 0.1) is 0 Å². The molecular formula is C18H21BCl2O4. The third-order valence-corrected chi connectivity index (χ3v) is 3.72. The van der Waals surface area contributed by atoms with E-state index in [1.54, 1.807) is 0 Å². The van der Waals surface area contributed by atoms with Crippen molar-refractivity contribution < 1.29 is 18.8 Å². The Kier molecular flexibility index (Phi) is 9.96. The Morgan fingerprint density at radius 2 is 1.08 bits per heavy atom. The van der Waals surface area contributed by atoms with E-state index in [2.05, 4.69) is 0 Å². The van der Waals surface area contributed by atoms with Crippen LogP contribution in [0.25, 0.3) is 0 Å². The maximum atomic E-state index is 6.01. The van der Waals surface area contributed by atoms with Gasteiger partial charge in [-0.2, -0.15) is 0 Å². The zero-order valence-corrected chi connectivity index (χ0v) is 15.4. The Hall–Kier alpha value is -1.08. The molecule has 0 radical (unpaired) electrons. The number of halogens is 2. The zero-order chi connectivity index (χ0) is 17.7. The van der Waals surface area contributed by atoms with Crippen molar-refractivity contribution in [2.75, 3.05) is 13.2 Å². The molecule has 4 nitrogen and oxygen atoms in total. The summed E-state index contributed by atoms with van der Waals surface area (Å²) in [5, 5.41) is 0. The molecule has 25 heavy (non-hydrogen) atoms. The normalized spacial score (nSPS) is 13.4. The molecule has 0 aromatic heterocycles. The molecule has 0 aliphatic carbocycles. The zero-order valence-electron chi connectivity index (χ0n) is 13.9. The summed E-state index contributed by atoms with van der Waals surface area (Å²) < 4.78 is 21.6. The van der Waals surface area contributed by atoms with Crippen LogP contribution in [-0.2, 0) is 32.0 Å². The molecular weight excluding hydrogens is 362 g/mol. The molecule has 0 saturated carbocycles. The first kappa shape index (κ1) is 20.2. The van der Waals surface area contributed by atoms with Gasteiger partial charge in [-0.05, 0) is 11.1 Å². The predicted molar refractivity (Wildman–Crippen MR) is 101 cm³/mol. The summed E-state index contributed by atoms with van der Waals surface area (Å²) in [5.41, 5.74) is 0.966. The average Bonchev–Trinajstić information content (AvgIpc) is 2.63. The highest BCUT2D eigenvalue weighted by Crippen LogP contribution is 2.07. The van der Waals surface area contributed by atoms with E-state index in [4.69, 9.17) is 42.0 Å². The van der Waals surface area contributed by atoms with Crippen molar-refractivity contribution in [3.05, 3.63) is 71.8 Å². The molecule has 7 heteroatoms. The van der Waals surface area contributed by atoms with Gasteiger partial charge in [0.1, 0.15) is 11.1 Å². The molecule has 0 fully saturated rings. The molecule has 0 bridgehead atoms. The van der Waals surface area contributed by atoms with Crippen LogP contribution in [0.3, 0.4) is 0 Å². The second kappa shape index (κ2) is 12.3. The van der Waals surface area contributed by atoms with E-state index >= 15 is 0 Å². The SMILES string of the molecule is ClC(COCc1ccccc1)OBOC(Cl)COCc1ccccc1. The fraction of sp³-hybridized carbons (Fsp3) is 0.333. The second-order valence-corrected chi connectivity index (χ2v) is 6.25. The number of hydrogen-bond donors (Lipinski definition) is 0. The number of ether oxygens (including phenoxy) is 2. The Bertz CT molecular complexity index is 522. The molecule has 0 aliphatic heterocycles. The first-order valence-electron chi connectivity index (χ1n) is 7.98. The molecule has 134 valence electrons. The molecule has 0 spiro atoms. The van der Waals surface area contributed by atoms with Crippen LogP contribution in [0.15, 0.2) is 60.7 Å². The molecule has 0 aliphatic rings. The lowest BCUT2D eigenvalue weighted by Crippen LogP contribution is -2.22. The maximum Gasteiger partial charge on any atom is 0.440 e. The summed E-state index contributed by atoms with van der Waals surface area (Å²) in [6.07, 6.45) is 0. The highest BCUT2D eigenvalue weighted by Gasteiger charge is 2.10. The standard InChI is InChI=1S/C18H21BCl2O4/c20-17(13-22-11-15-7-3-1-4-8-15)24-19-25-18(21)14-23-12-16-9-5-2-6-10-16/h1-10,17-19H,11-14H2. The number of rotatable bonds is 12. The Morgan fingerprint density at radius 3 is 1.48 bits per heavy atom. The predicted octanol–water partition coefficient (Wildman–Crippen LogP) is 3.85. The van der Waals surface area contributed by atoms with E-state index in [1.807, 2.05) is 60.7 Å². The lowest BCUT2D eigenvalue weighted by Gasteiger charge is -2.14. The van der Waals surface area contributed by atoms with Gasteiger partial charge in [0.25, 0.3) is 0 Å². The topological polar surface area (TPSA) is 36.9 Å². The third-order valence-electron chi connectivity index (χ3n) is 3.22. The molecule has 2 aromatic carbocycles. The molecule has 2 aromatic rings. The summed E-state index contributed by atoms with van der Waals surface area (Å²) in [6.45, 7) is 1.49. The minimum atomic E-state index is -0.599. The third kappa shape index (κ3) is 9.26. The average molecular weight is 383 g/mol. The first-order valence-corrected chi connectivity index (χ1v) is 8.86. The van der Waals surface area contributed by atoms with Gasteiger partial charge in [0, 0.05) is 0 Å². The van der Waals surface area contributed by atoms with E-state index < -0.39 is 11.1 Å². The van der Waals surface area contributed by atoms with Gasteiger partial charge in [-0.3, -0.25) is 0 Å². The maximum absolute atomic E-state index is 6.01. The summed E-state index contributed by atoms with van der Waals surface area (Å²) in [6, 6.07) is 19.7. The quantitative estimate of drug-likeness (QED) is 0.412. The van der Waals surface area contributed by atoms with Gasteiger partial charge in [0.2, 0.25) is 0 Å². The summed E-state index contributed by atoms with van der Waals surface area (Å²) >= 11 is 12.0. The largest absolute Gasteiger partial charge is 0.440 e. The number of hydrogen-bond acceptors (Lipinski definition) is 4. The van der Waals surface area contributed by atoms with E-state index in [0.29, 0.717) is 13.2 Å². The van der Waals surface area contributed by atoms with Crippen molar-refractivity contribution in [3.63, 3.8) is 0 Å². The van der Waals surface area contributed by atoms with Gasteiger partial charge in [-0.25, -0.2) is 0 Å². The molecule has 2 atom stereocenters. The van der Waals surface area contributed by atoms with E-state index in [-0.39, 0.29) is 20.9 Å². The second-order valence-electron chi connectivity index (χ2n) is 5.27. The van der Waals surface area contributed by atoms with Crippen LogP contribution in [0.1, 0.15) is 11.1 Å². The molecule has 2 unspecified atom stereocenters. The van der Waals surface area contributed by atoms with Gasteiger partial charge < -0.3 is 18.8 Å². The lowest BCUT2D eigenvalue weighted by molar-refractivity contribution is 0.0462. The van der Waals surface area contributed by atoms with Crippen molar-refractivity contribution in [2.45, 2.75) is 24.3 Å². The summed E-state index contributed by atoms with van der Waals surface area (Å²) in [5.74, 6) is 0. The fourth-order valence-electron chi connectivity index (χ4n) is 1.97. The summed E-state index contributed by atoms with van der Waals surface area (Å²) in [7, 11) is -0.0221. The van der Waals surface area contributed by atoms with Crippen molar-refractivity contribution in [3.8, 4) is 0 Å². The number of benzene rings is 2. The minimum absolute atomic E-state index is 0.0221. The van der Waals surface area contributed by atoms with E-state index in [0.717, 1.165) is 11.1 Å². The van der Waals surface area contributed by atoms with Crippen molar-refractivity contribution in [1.82, 2.24) is 0 Å². The fourth-order valence-corrected chi connectivity index (χ4v) is 2.25. The van der Waals surface area contributed by atoms with Crippen LogP contribution in [0.4, 0.5) is 0 Å². The van der Waals surface area contributed by atoms with Gasteiger partial charge >= 0.3 is 7.69 Å². The van der Waals surface area contributed by atoms with Crippen LogP contribution in [0.2, 0.25) is 0 Å². The van der Waals surface area contributed by atoms with Crippen LogP contribution >= 0.6 is 23.2 Å². The van der Waals surface area contributed by atoms with Gasteiger partial charge in [-0.15, -0.1) is 0 Å². The summed E-state index contributed by atoms with van der Waals surface area (Å²) in [4.78, 5) is 0. The smallest absolute Gasteiger partial charge is 0.396 e. The highest BCUT2D eigenvalue weighted by molar-refractivity contribution is 6.27. The highest BCUT2D eigenvalue weighted by atomic mass is 35.5. The first-order chi connectivity index (χ1) is 12.2. The van der Waals surface area contributed by atoms with Crippen molar-refractivity contribution >= 4 is 30.9 Å². The van der Waals surface area contributed by atoms with Crippen molar-refractivity contribution in [1.29, 1.82) is 0 Å². The molecule has 2 rings (SSSR count). The molecule has 0 saturated heterocycles. The van der Waals surface area contributed by atoms with Crippen LogP contribution < -0.4 is 0 Å². The Balaban J connectivity index is 1.48. The van der Waals surface area contributed by atoms with Crippen molar-refractivity contribution in [2.24, 2.45) is 0 Å². The van der Waals surface area contributed by atoms with Gasteiger partial charge in [0.05, 0.1) is 26.4 Å². The van der Waals surface area contributed by atoms with E-state index in [9.17, 15) is 0 Å². The van der Waals surface area contributed by atoms with Crippen LogP contribution in [0.5, 0.6) is 0 Å². The Morgan fingerprint density at radius 1 is 0.680 bits per heavy atom. The van der Waals surface area contributed by atoms with Gasteiger partial charge in [0.15, 0.2) is 0 Å². The molecule has 0 heterocycles. The molecule has 0 N–H and O–H groups in total. The van der Waals surface area contributed by atoms with Crippen LogP contribution in [-0.4, -0.2) is 32.0 Å². The Labute approximate surface area is 159 Å². The lowest BCUT2D eigenvalue weighted by atomic mass is 10.2. The molecule has 0 amide bonds. The monoisotopic (exact) mass is 382 g/mol. The number of alkyl halides is 2.